The summed E-state index contributed by atoms with van der Waals surface area (Å²) in [6, 6.07) is 10.5. The smallest absolute Gasteiger partial charge is 0.251 e. The van der Waals surface area contributed by atoms with E-state index >= 15 is 0 Å². The molecule has 2 N–H and O–H groups in total. The van der Waals surface area contributed by atoms with Crippen molar-refractivity contribution in [1.29, 1.82) is 0 Å². The van der Waals surface area contributed by atoms with E-state index in [0.717, 1.165) is 11.1 Å². The van der Waals surface area contributed by atoms with E-state index in [1.54, 1.807) is 38.5 Å². The lowest BCUT2D eigenvalue weighted by atomic mass is 10.1. The molecule has 25 heavy (non-hydrogen) atoms. The predicted molar refractivity (Wildman–Crippen MR) is 96.2 cm³/mol. The first-order chi connectivity index (χ1) is 11.9. The highest BCUT2D eigenvalue weighted by Crippen LogP contribution is 2.30. The lowest BCUT2D eigenvalue weighted by Gasteiger charge is -2.13. The van der Waals surface area contributed by atoms with Crippen molar-refractivity contribution < 1.29 is 19.1 Å². The van der Waals surface area contributed by atoms with Crippen molar-refractivity contribution in [2.24, 2.45) is 0 Å². The van der Waals surface area contributed by atoms with Gasteiger partial charge in [0.05, 0.1) is 14.2 Å². The van der Waals surface area contributed by atoms with Crippen LogP contribution < -0.4 is 20.1 Å². The summed E-state index contributed by atoms with van der Waals surface area (Å²) in [5, 5.41) is 5.55. The van der Waals surface area contributed by atoms with Crippen LogP contribution in [0.2, 0.25) is 0 Å². The van der Waals surface area contributed by atoms with Crippen molar-refractivity contribution in [1.82, 2.24) is 5.32 Å². The van der Waals surface area contributed by atoms with Crippen molar-refractivity contribution >= 4 is 17.5 Å². The molecular formula is C19H22N2O4. The van der Waals surface area contributed by atoms with E-state index in [4.69, 9.17) is 9.47 Å². The van der Waals surface area contributed by atoms with E-state index in [1.165, 1.54) is 6.92 Å². The summed E-state index contributed by atoms with van der Waals surface area (Å²) >= 11 is 0. The fourth-order valence-corrected chi connectivity index (χ4v) is 2.40. The third-order valence-corrected chi connectivity index (χ3v) is 3.75. The molecule has 6 nitrogen and oxygen atoms in total. The summed E-state index contributed by atoms with van der Waals surface area (Å²) in [5.41, 5.74) is 3.12. The Morgan fingerprint density at radius 2 is 1.60 bits per heavy atom. The molecule has 0 aliphatic rings. The second-order valence-corrected chi connectivity index (χ2v) is 5.57. The SMILES string of the molecule is COc1cc(C)c(CNC(=O)c2ccc(NC(C)=O)cc2)cc1OC. The number of hydrogen-bond acceptors (Lipinski definition) is 4. The van der Waals surface area contributed by atoms with Crippen molar-refractivity contribution in [3.05, 3.63) is 53.1 Å². The van der Waals surface area contributed by atoms with Crippen LogP contribution in [0.3, 0.4) is 0 Å². The van der Waals surface area contributed by atoms with Gasteiger partial charge in [-0.3, -0.25) is 9.59 Å². The van der Waals surface area contributed by atoms with Gasteiger partial charge in [-0.25, -0.2) is 0 Å². The second-order valence-electron chi connectivity index (χ2n) is 5.57. The first-order valence-corrected chi connectivity index (χ1v) is 7.82. The Balaban J connectivity index is 2.05. The Hall–Kier alpha value is -3.02. The molecule has 0 spiro atoms. The minimum absolute atomic E-state index is 0.152. The van der Waals surface area contributed by atoms with Gasteiger partial charge in [0.15, 0.2) is 11.5 Å². The van der Waals surface area contributed by atoms with Crippen LogP contribution in [0, 0.1) is 6.92 Å². The van der Waals surface area contributed by atoms with Crippen molar-refractivity contribution in [2.45, 2.75) is 20.4 Å². The maximum Gasteiger partial charge on any atom is 0.251 e. The van der Waals surface area contributed by atoms with Crippen LogP contribution in [0.1, 0.15) is 28.4 Å². The lowest BCUT2D eigenvalue weighted by Crippen LogP contribution is -2.23. The lowest BCUT2D eigenvalue weighted by molar-refractivity contribution is -0.114. The van der Waals surface area contributed by atoms with Gasteiger partial charge in [0, 0.05) is 24.7 Å². The highest BCUT2D eigenvalue weighted by Gasteiger charge is 2.11. The normalized spacial score (nSPS) is 10.1. The molecule has 0 unspecified atom stereocenters. The zero-order valence-corrected chi connectivity index (χ0v) is 14.8. The number of ether oxygens (including phenoxy) is 2. The summed E-state index contributed by atoms with van der Waals surface area (Å²) in [7, 11) is 3.16. The summed E-state index contributed by atoms with van der Waals surface area (Å²) in [5.74, 6) is 0.935. The number of anilines is 1. The van der Waals surface area contributed by atoms with Crippen molar-refractivity contribution in [3.63, 3.8) is 0 Å². The highest BCUT2D eigenvalue weighted by atomic mass is 16.5. The average Bonchev–Trinajstić information content (AvgIpc) is 2.60. The number of carbonyl (C=O) groups excluding carboxylic acids is 2. The number of amides is 2. The van der Waals surface area contributed by atoms with Gasteiger partial charge in [0.1, 0.15) is 0 Å². The Kier molecular flexibility index (Phi) is 6.00. The van der Waals surface area contributed by atoms with Gasteiger partial charge < -0.3 is 20.1 Å². The first-order valence-electron chi connectivity index (χ1n) is 7.82. The number of rotatable bonds is 6. The average molecular weight is 342 g/mol. The molecule has 0 heterocycles. The summed E-state index contributed by atoms with van der Waals surface area (Å²) in [6.45, 7) is 3.76. The van der Waals surface area contributed by atoms with Crippen LogP contribution in [0.5, 0.6) is 11.5 Å². The van der Waals surface area contributed by atoms with E-state index < -0.39 is 0 Å². The minimum atomic E-state index is -0.191. The molecule has 0 aliphatic heterocycles. The molecule has 0 bridgehead atoms. The van der Waals surface area contributed by atoms with Gasteiger partial charge in [-0.1, -0.05) is 0 Å². The zero-order chi connectivity index (χ0) is 18.4. The Bertz CT molecular complexity index is 770. The number of hydrogen-bond donors (Lipinski definition) is 2. The third-order valence-electron chi connectivity index (χ3n) is 3.75. The van der Waals surface area contributed by atoms with E-state index in [-0.39, 0.29) is 11.8 Å². The molecule has 6 heteroatoms. The van der Waals surface area contributed by atoms with Crippen LogP contribution in [-0.2, 0) is 11.3 Å². The standard InChI is InChI=1S/C19H22N2O4/c1-12-9-17(24-3)18(25-4)10-15(12)11-20-19(23)14-5-7-16(8-6-14)21-13(2)22/h5-10H,11H2,1-4H3,(H,20,23)(H,21,22). The number of aryl methyl sites for hydroxylation is 1. The molecule has 2 aromatic rings. The maximum atomic E-state index is 12.3. The van der Waals surface area contributed by atoms with Crippen LogP contribution in [-0.4, -0.2) is 26.0 Å². The molecule has 0 aliphatic carbocycles. The number of carbonyl (C=O) groups is 2. The predicted octanol–water partition coefficient (Wildman–Crippen LogP) is 2.90. The second kappa shape index (κ2) is 8.19. The Labute approximate surface area is 147 Å². The molecule has 2 aromatic carbocycles. The van der Waals surface area contributed by atoms with Crippen molar-refractivity contribution in [2.75, 3.05) is 19.5 Å². The Morgan fingerprint density at radius 1 is 1.00 bits per heavy atom. The molecule has 0 atom stereocenters. The molecule has 0 aromatic heterocycles. The molecule has 0 fully saturated rings. The largest absolute Gasteiger partial charge is 0.493 e. The molecule has 132 valence electrons. The number of benzene rings is 2. The number of nitrogens with one attached hydrogen (secondary N) is 2. The summed E-state index contributed by atoms with van der Waals surface area (Å²) in [6.07, 6.45) is 0. The maximum absolute atomic E-state index is 12.3. The van der Waals surface area contributed by atoms with E-state index in [0.29, 0.717) is 29.3 Å². The van der Waals surface area contributed by atoms with Gasteiger partial charge in [0.25, 0.3) is 5.91 Å². The van der Waals surface area contributed by atoms with Crippen LogP contribution in [0.25, 0.3) is 0 Å². The van der Waals surface area contributed by atoms with Crippen LogP contribution in [0.15, 0.2) is 36.4 Å². The van der Waals surface area contributed by atoms with E-state index in [9.17, 15) is 9.59 Å². The Morgan fingerprint density at radius 3 is 2.16 bits per heavy atom. The van der Waals surface area contributed by atoms with Crippen molar-refractivity contribution in [3.8, 4) is 11.5 Å². The molecule has 2 rings (SSSR count). The number of methoxy groups -OCH3 is 2. The highest BCUT2D eigenvalue weighted by molar-refractivity contribution is 5.95. The van der Waals surface area contributed by atoms with E-state index in [1.807, 2.05) is 19.1 Å². The van der Waals surface area contributed by atoms with Crippen LogP contribution >= 0.6 is 0 Å². The van der Waals surface area contributed by atoms with Gasteiger partial charge in [0.2, 0.25) is 5.91 Å². The molecule has 0 radical (unpaired) electrons. The monoisotopic (exact) mass is 342 g/mol. The quantitative estimate of drug-likeness (QED) is 0.846. The topological polar surface area (TPSA) is 76.7 Å². The van der Waals surface area contributed by atoms with Gasteiger partial charge in [-0.05, 0) is 54.4 Å². The molecule has 0 saturated heterocycles. The molecule has 2 amide bonds. The van der Waals surface area contributed by atoms with Gasteiger partial charge >= 0.3 is 0 Å². The summed E-state index contributed by atoms with van der Waals surface area (Å²) < 4.78 is 10.6. The van der Waals surface area contributed by atoms with E-state index in [2.05, 4.69) is 10.6 Å². The molecular weight excluding hydrogens is 320 g/mol. The van der Waals surface area contributed by atoms with Gasteiger partial charge in [-0.2, -0.15) is 0 Å². The first kappa shape index (κ1) is 18.3. The summed E-state index contributed by atoms with van der Waals surface area (Å²) in [4.78, 5) is 23.3. The fourth-order valence-electron chi connectivity index (χ4n) is 2.40. The third kappa shape index (κ3) is 4.73. The molecule has 0 saturated carbocycles. The fraction of sp³-hybridized carbons (Fsp3) is 0.263. The van der Waals surface area contributed by atoms with Crippen LogP contribution in [0.4, 0.5) is 5.69 Å². The van der Waals surface area contributed by atoms with Gasteiger partial charge in [-0.15, -0.1) is 0 Å². The zero-order valence-electron chi connectivity index (χ0n) is 14.8. The minimum Gasteiger partial charge on any atom is -0.493 e.